The molecular formula is C66H117O11P. The Morgan fingerprint density at radius 1 is 0.372 bits per heavy atom. The van der Waals surface area contributed by atoms with Gasteiger partial charge >= 0.3 is 25.7 Å². The summed E-state index contributed by atoms with van der Waals surface area (Å²) < 4.78 is 39.6. The summed E-state index contributed by atoms with van der Waals surface area (Å²) in [6.07, 6.45) is 68.6. The van der Waals surface area contributed by atoms with Crippen molar-refractivity contribution in [3.05, 3.63) is 72.9 Å². The molecule has 3 atom stereocenters. The summed E-state index contributed by atoms with van der Waals surface area (Å²) in [5.41, 5.74) is 0. The summed E-state index contributed by atoms with van der Waals surface area (Å²) in [5, 5.41) is 9.82. The zero-order valence-electron chi connectivity index (χ0n) is 50.1. The lowest BCUT2D eigenvalue weighted by molar-refractivity contribution is -0.161. The second kappa shape index (κ2) is 60.0. The number of unbranched alkanes of at least 4 members (excludes halogenated alkanes) is 30. The average Bonchev–Trinajstić information content (AvgIpc) is 3.43. The fourth-order valence-corrected chi connectivity index (χ4v) is 9.57. The third-order valence-corrected chi connectivity index (χ3v) is 14.6. The van der Waals surface area contributed by atoms with Gasteiger partial charge in [-0.15, -0.1) is 0 Å². The SMILES string of the molecule is CC/C=C\C/C=C\C/C=C\CCCCCC(=O)OC(CO)COP(=O)(O)OCC(COC(=O)CCCCCCCCCCCCCCCCCCCCC)OC(=O)CCCCCCCC/C=C\C/C=C\C/C=C\CCCCC. The number of phosphoric acid groups is 1. The molecule has 0 bridgehead atoms. The standard InChI is InChI=1S/C66H117O11P/c1-4-7-10-13-16-19-22-25-27-29-31-33-35-38-40-43-46-49-52-55-64(68)73-59-63(77-66(70)57-54-51-48-45-42-39-36-34-32-30-28-26-23-20-17-14-11-8-5-2)61-75-78(71,72)74-60-62(58-67)76-65(69)56-53-50-47-44-41-37-24-21-18-15-12-9-6-3/h9,12,17-18,20-21,26,28,32,34,37,41,62-63,67H,4-8,10-11,13-16,19,22-25,27,29-31,33,35-36,38-40,42-61H2,1-3H3,(H,71,72)/b12-9-,20-17-,21-18-,28-26-,34-32-,41-37-. The number of aliphatic hydroxyl groups excluding tert-OH is 1. The lowest BCUT2D eigenvalue weighted by atomic mass is 10.0. The molecule has 0 aliphatic heterocycles. The van der Waals surface area contributed by atoms with Gasteiger partial charge in [-0.05, 0) is 89.9 Å². The first kappa shape index (κ1) is 74.9. The third kappa shape index (κ3) is 57.6. The van der Waals surface area contributed by atoms with E-state index in [-0.39, 0.29) is 25.9 Å². The van der Waals surface area contributed by atoms with Crippen molar-refractivity contribution >= 4 is 25.7 Å². The number of phosphoric ester groups is 1. The van der Waals surface area contributed by atoms with Crippen LogP contribution in [0.25, 0.3) is 0 Å². The van der Waals surface area contributed by atoms with E-state index in [0.717, 1.165) is 109 Å². The van der Waals surface area contributed by atoms with Gasteiger partial charge in [0.1, 0.15) is 12.7 Å². The van der Waals surface area contributed by atoms with Gasteiger partial charge in [0.05, 0.1) is 19.8 Å². The van der Waals surface area contributed by atoms with Gasteiger partial charge in [-0.1, -0.05) is 254 Å². The average molecular weight is 1120 g/mol. The molecule has 0 aromatic heterocycles. The van der Waals surface area contributed by atoms with Crippen LogP contribution in [-0.4, -0.2) is 66.5 Å². The van der Waals surface area contributed by atoms with Crippen LogP contribution in [0.4, 0.5) is 0 Å². The quantitative estimate of drug-likeness (QED) is 0.0197. The molecule has 2 N–H and O–H groups in total. The fraction of sp³-hybridized carbons (Fsp3) is 0.773. The van der Waals surface area contributed by atoms with Crippen LogP contribution in [0.5, 0.6) is 0 Å². The van der Waals surface area contributed by atoms with Crippen molar-refractivity contribution in [3.8, 4) is 0 Å². The van der Waals surface area contributed by atoms with Crippen molar-refractivity contribution in [1.29, 1.82) is 0 Å². The molecule has 3 unspecified atom stereocenters. The predicted molar refractivity (Wildman–Crippen MR) is 325 cm³/mol. The molecule has 0 saturated heterocycles. The minimum atomic E-state index is -4.76. The molecule has 11 nitrogen and oxygen atoms in total. The topological polar surface area (TPSA) is 155 Å². The number of hydrogen-bond acceptors (Lipinski definition) is 10. The summed E-state index contributed by atoms with van der Waals surface area (Å²) in [4.78, 5) is 48.7. The molecule has 0 heterocycles. The van der Waals surface area contributed by atoms with Gasteiger partial charge in [0, 0.05) is 19.3 Å². The van der Waals surface area contributed by atoms with E-state index >= 15 is 0 Å². The van der Waals surface area contributed by atoms with Crippen LogP contribution in [0.1, 0.15) is 290 Å². The van der Waals surface area contributed by atoms with E-state index < -0.39 is 57.8 Å². The Labute approximate surface area is 478 Å². The van der Waals surface area contributed by atoms with Gasteiger partial charge in [0.2, 0.25) is 0 Å². The zero-order valence-corrected chi connectivity index (χ0v) is 51.0. The normalized spacial score (nSPS) is 13.8. The van der Waals surface area contributed by atoms with Gasteiger partial charge in [0.25, 0.3) is 0 Å². The molecule has 0 spiro atoms. The molecular weight excluding hydrogens is 1000 g/mol. The molecule has 0 amide bonds. The Morgan fingerprint density at radius 3 is 1.06 bits per heavy atom. The van der Waals surface area contributed by atoms with E-state index in [9.17, 15) is 28.9 Å². The molecule has 12 heteroatoms. The molecule has 452 valence electrons. The number of rotatable bonds is 59. The third-order valence-electron chi connectivity index (χ3n) is 13.6. The van der Waals surface area contributed by atoms with E-state index in [1.54, 1.807) is 0 Å². The molecule has 78 heavy (non-hydrogen) atoms. The Balaban J connectivity index is 4.73. The van der Waals surface area contributed by atoms with Crippen LogP contribution < -0.4 is 0 Å². The van der Waals surface area contributed by atoms with Crippen molar-refractivity contribution in [2.45, 2.75) is 303 Å². The van der Waals surface area contributed by atoms with E-state index in [0.29, 0.717) is 19.3 Å². The summed E-state index contributed by atoms with van der Waals surface area (Å²) in [6.45, 7) is 4.50. The van der Waals surface area contributed by atoms with E-state index in [4.69, 9.17) is 23.3 Å². The molecule has 0 aromatic carbocycles. The van der Waals surface area contributed by atoms with Gasteiger partial charge in [-0.3, -0.25) is 23.4 Å². The molecule has 0 fully saturated rings. The molecule has 0 saturated carbocycles. The van der Waals surface area contributed by atoms with Crippen LogP contribution in [0.3, 0.4) is 0 Å². The number of esters is 3. The zero-order chi connectivity index (χ0) is 56.9. The van der Waals surface area contributed by atoms with Crippen molar-refractivity contribution < 1.29 is 52.2 Å². The largest absolute Gasteiger partial charge is 0.472 e. The summed E-state index contributed by atoms with van der Waals surface area (Å²) in [5.74, 6) is -1.50. The highest BCUT2D eigenvalue weighted by Gasteiger charge is 2.28. The van der Waals surface area contributed by atoms with Crippen LogP contribution in [0, 0.1) is 0 Å². The van der Waals surface area contributed by atoms with Gasteiger partial charge < -0.3 is 24.2 Å². The lowest BCUT2D eigenvalue weighted by Gasteiger charge is -2.21. The number of carbonyl (C=O) groups excluding carboxylic acids is 3. The fourth-order valence-electron chi connectivity index (χ4n) is 8.79. The van der Waals surface area contributed by atoms with Crippen molar-refractivity contribution in [3.63, 3.8) is 0 Å². The molecule has 0 aromatic rings. The highest BCUT2D eigenvalue weighted by atomic mass is 31.2. The first-order valence-corrected chi connectivity index (χ1v) is 33.3. The predicted octanol–water partition coefficient (Wildman–Crippen LogP) is 19.3. The number of allylic oxidation sites excluding steroid dienone is 12. The smallest absolute Gasteiger partial charge is 0.462 e. The van der Waals surface area contributed by atoms with Gasteiger partial charge in [-0.2, -0.15) is 0 Å². The minimum Gasteiger partial charge on any atom is -0.462 e. The summed E-state index contributed by atoms with van der Waals surface area (Å²) >= 11 is 0. The van der Waals surface area contributed by atoms with E-state index in [1.165, 1.54) is 122 Å². The first-order valence-electron chi connectivity index (χ1n) is 31.8. The molecule has 0 aliphatic carbocycles. The summed E-state index contributed by atoms with van der Waals surface area (Å²) in [7, 11) is -4.76. The minimum absolute atomic E-state index is 0.140. The molecule has 0 rings (SSSR count). The highest BCUT2D eigenvalue weighted by molar-refractivity contribution is 7.47. The van der Waals surface area contributed by atoms with Crippen LogP contribution >= 0.6 is 7.82 Å². The Kier molecular flexibility index (Phi) is 57.7. The second-order valence-corrected chi connectivity index (χ2v) is 22.7. The molecule has 0 radical (unpaired) electrons. The van der Waals surface area contributed by atoms with Crippen LogP contribution in [0.15, 0.2) is 72.9 Å². The number of ether oxygens (including phenoxy) is 3. The Bertz CT molecular complexity index is 1590. The maximum absolute atomic E-state index is 13.0. The summed E-state index contributed by atoms with van der Waals surface area (Å²) in [6, 6.07) is 0. The monoisotopic (exact) mass is 1120 g/mol. The maximum Gasteiger partial charge on any atom is 0.472 e. The van der Waals surface area contributed by atoms with Crippen LogP contribution in [-0.2, 0) is 42.2 Å². The molecule has 0 aliphatic rings. The van der Waals surface area contributed by atoms with E-state index in [2.05, 4.69) is 93.7 Å². The van der Waals surface area contributed by atoms with Crippen molar-refractivity contribution in [2.24, 2.45) is 0 Å². The number of aliphatic hydroxyl groups is 1. The van der Waals surface area contributed by atoms with Crippen molar-refractivity contribution in [1.82, 2.24) is 0 Å². The second-order valence-electron chi connectivity index (χ2n) is 21.2. The van der Waals surface area contributed by atoms with Gasteiger partial charge in [-0.25, -0.2) is 4.57 Å². The maximum atomic E-state index is 13.0. The highest BCUT2D eigenvalue weighted by Crippen LogP contribution is 2.43. The lowest BCUT2D eigenvalue weighted by Crippen LogP contribution is -2.30. The Hall–Kier alpha value is -3.08. The van der Waals surface area contributed by atoms with E-state index in [1.807, 2.05) is 0 Å². The van der Waals surface area contributed by atoms with Crippen molar-refractivity contribution in [2.75, 3.05) is 26.4 Å². The number of carbonyl (C=O) groups is 3. The first-order chi connectivity index (χ1) is 38.2. The Morgan fingerprint density at radius 2 is 0.667 bits per heavy atom. The number of hydrogen-bond donors (Lipinski definition) is 2. The van der Waals surface area contributed by atoms with Gasteiger partial charge in [0.15, 0.2) is 6.10 Å². The van der Waals surface area contributed by atoms with Crippen LogP contribution in [0.2, 0.25) is 0 Å².